The Morgan fingerprint density at radius 2 is 1.62 bits per heavy atom. The third kappa shape index (κ3) is 8.22. The molecule has 0 bridgehead atoms. The van der Waals surface area contributed by atoms with Gasteiger partial charge < -0.3 is 18.6 Å². The van der Waals surface area contributed by atoms with Crippen molar-refractivity contribution in [3.63, 3.8) is 0 Å². The van der Waals surface area contributed by atoms with Crippen molar-refractivity contribution < 1.29 is 40.0 Å². The summed E-state index contributed by atoms with van der Waals surface area (Å²) >= 11 is 0. The van der Waals surface area contributed by atoms with Crippen LogP contribution in [0.4, 0.5) is 13.2 Å². The first-order valence-corrected chi connectivity index (χ1v) is 14.0. The van der Waals surface area contributed by atoms with E-state index in [2.05, 4.69) is 6.92 Å². The molecule has 3 aromatic rings. The minimum atomic E-state index is -4.73. The highest BCUT2D eigenvalue weighted by Crippen LogP contribution is 2.34. The summed E-state index contributed by atoms with van der Waals surface area (Å²) in [5, 5.41) is 0. The second kappa shape index (κ2) is 13.7. The molecule has 3 rings (SSSR count). The number of alkyl halides is 3. The van der Waals surface area contributed by atoms with Crippen molar-refractivity contribution >= 4 is 16.0 Å². The van der Waals surface area contributed by atoms with Crippen molar-refractivity contribution in [1.82, 2.24) is 4.90 Å². The molecule has 0 N–H and O–H groups in total. The largest absolute Gasteiger partial charge is 0.493 e. The molecule has 0 radical (unpaired) electrons. The van der Waals surface area contributed by atoms with E-state index in [0.717, 1.165) is 43.0 Å². The molecular formula is C29H32F3NO6S. The number of methoxy groups -OCH3 is 2. The van der Waals surface area contributed by atoms with E-state index in [4.69, 9.17) is 13.7 Å². The van der Waals surface area contributed by atoms with E-state index < -0.39 is 26.8 Å². The van der Waals surface area contributed by atoms with Crippen LogP contribution in [0.15, 0.2) is 71.6 Å². The van der Waals surface area contributed by atoms with Gasteiger partial charge in [0, 0.05) is 25.8 Å². The van der Waals surface area contributed by atoms with E-state index in [-0.39, 0.29) is 37.1 Å². The van der Waals surface area contributed by atoms with Gasteiger partial charge in [0.05, 0.1) is 19.3 Å². The molecule has 0 saturated heterocycles. The number of aryl methyl sites for hydroxylation is 1. The zero-order valence-electron chi connectivity index (χ0n) is 22.5. The molecule has 7 nitrogen and oxygen atoms in total. The quantitative estimate of drug-likeness (QED) is 0.227. The van der Waals surface area contributed by atoms with E-state index in [9.17, 15) is 26.4 Å². The van der Waals surface area contributed by atoms with Gasteiger partial charge in [-0.3, -0.25) is 4.79 Å². The number of benzene rings is 3. The van der Waals surface area contributed by atoms with Crippen LogP contribution < -0.4 is 8.92 Å². The van der Waals surface area contributed by atoms with Gasteiger partial charge in [0.1, 0.15) is 4.90 Å². The summed E-state index contributed by atoms with van der Waals surface area (Å²) < 4.78 is 80.8. The Bertz CT molecular complexity index is 1390. The highest BCUT2D eigenvalue weighted by molar-refractivity contribution is 7.87. The van der Waals surface area contributed by atoms with Crippen LogP contribution in [0.5, 0.6) is 11.5 Å². The summed E-state index contributed by atoms with van der Waals surface area (Å²) in [5.41, 5.74) is 1.02. The number of nitrogens with zero attached hydrogens (tertiary/aromatic N) is 1. The predicted octanol–water partition coefficient (Wildman–Crippen LogP) is 6.11. The minimum absolute atomic E-state index is 0.0525. The summed E-state index contributed by atoms with van der Waals surface area (Å²) in [7, 11) is -1.82. The third-order valence-corrected chi connectivity index (χ3v) is 7.35. The first kappa shape index (κ1) is 31.0. The number of carbonyl (C=O) groups is 1. The second-order valence-electron chi connectivity index (χ2n) is 9.07. The van der Waals surface area contributed by atoms with E-state index in [1.54, 1.807) is 23.1 Å². The van der Waals surface area contributed by atoms with Crippen LogP contribution in [0.1, 0.15) is 46.8 Å². The first-order valence-electron chi connectivity index (χ1n) is 12.6. The van der Waals surface area contributed by atoms with Crippen LogP contribution in [-0.4, -0.2) is 46.6 Å². The number of unbranched alkanes of at least 4 members (excludes halogenated alkanes) is 1. The lowest BCUT2D eigenvalue weighted by Crippen LogP contribution is -2.33. The fraction of sp³-hybridized carbons (Fsp3) is 0.345. The van der Waals surface area contributed by atoms with Crippen LogP contribution >= 0.6 is 0 Å². The van der Waals surface area contributed by atoms with Crippen molar-refractivity contribution in [3.05, 3.63) is 89.0 Å². The Balaban J connectivity index is 1.86. The zero-order valence-corrected chi connectivity index (χ0v) is 23.3. The Morgan fingerprint density at radius 3 is 2.25 bits per heavy atom. The molecule has 0 fully saturated rings. The van der Waals surface area contributed by atoms with Gasteiger partial charge in [-0.1, -0.05) is 37.6 Å². The molecule has 0 heterocycles. The molecule has 0 spiro atoms. The van der Waals surface area contributed by atoms with Gasteiger partial charge in [0.15, 0.2) is 11.5 Å². The van der Waals surface area contributed by atoms with Gasteiger partial charge in [-0.15, -0.1) is 0 Å². The van der Waals surface area contributed by atoms with Gasteiger partial charge in [-0.2, -0.15) is 21.6 Å². The second-order valence-corrected chi connectivity index (χ2v) is 10.6. The average Bonchev–Trinajstić information content (AvgIpc) is 2.93. The lowest BCUT2D eigenvalue weighted by atomic mass is 10.1. The average molecular weight is 580 g/mol. The van der Waals surface area contributed by atoms with Gasteiger partial charge in [0.25, 0.3) is 5.91 Å². The molecule has 0 aliphatic carbocycles. The topological polar surface area (TPSA) is 82.1 Å². The summed E-state index contributed by atoms with van der Waals surface area (Å²) in [6, 6.07) is 15.2. The number of amides is 1. The molecule has 0 aliphatic rings. The maximum atomic E-state index is 13.3. The van der Waals surface area contributed by atoms with Crippen LogP contribution in [0.3, 0.4) is 0 Å². The van der Waals surface area contributed by atoms with Crippen LogP contribution in [-0.2, 0) is 34.0 Å². The normalized spacial score (nSPS) is 11.8. The molecule has 216 valence electrons. The lowest BCUT2D eigenvalue weighted by molar-refractivity contribution is -0.137. The Hall–Kier alpha value is -3.57. The van der Waals surface area contributed by atoms with Gasteiger partial charge in [-0.25, -0.2) is 0 Å². The van der Waals surface area contributed by atoms with E-state index in [1.165, 1.54) is 26.4 Å². The van der Waals surface area contributed by atoms with E-state index in [0.29, 0.717) is 17.2 Å². The molecule has 0 atom stereocenters. The van der Waals surface area contributed by atoms with Gasteiger partial charge in [-0.05, 0) is 66.4 Å². The Morgan fingerprint density at radius 1 is 0.925 bits per heavy atom. The molecule has 3 aromatic carbocycles. The molecule has 11 heteroatoms. The van der Waals surface area contributed by atoms with E-state index >= 15 is 0 Å². The van der Waals surface area contributed by atoms with Crippen molar-refractivity contribution in [2.45, 2.75) is 43.8 Å². The van der Waals surface area contributed by atoms with Crippen molar-refractivity contribution in [2.75, 3.05) is 27.4 Å². The summed E-state index contributed by atoms with van der Waals surface area (Å²) in [5.74, 6) is -0.414. The molecule has 0 aliphatic heterocycles. The lowest BCUT2D eigenvalue weighted by Gasteiger charge is -2.23. The Kier molecular flexibility index (Phi) is 10.6. The number of halogens is 3. The summed E-state index contributed by atoms with van der Waals surface area (Å²) in [6.07, 6.45) is -1.67. The molecule has 1 amide bonds. The smallest absolute Gasteiger partial charge is 0.416 e. The number of carbonyl (C=O) groups excluding carboxylic acids is 1. The standard InChI is InChI=1S/C29H32F3NO6S/c1-4-5-7-21-10-13-23(14-11-21)28(34)33(16-17-37-2)20-22-12-15-26(38-3)27(18-22)39-40(35,36)25-9-6-8-24(19-25)29(30,31)32/h6,8-15,18-19H,4-5,7,16-17,20H2,1-3H3. The minimum Gasteiger partial charge on any atom is -0.493 e. The molecule has 0 aromatic heterocycles. The number of hydrogen-bond acceptors (Lipinski definition) is 6. The third-order valence-electron chi connectivity index (χ3n) is 6.12. The highest BCUT2D eigenvalue weighted by Gasteiger charge is 2.32. The molecule has 40 heavy (non-hydrogen) atoms. The molecule has 0 unspecified atom stereocenters. The number of ether oxygens (including phenoxy) is 2. The van der Waals surface area contributed by atoms with Crippen molar-refractivity contribution in [1.29, 1.82) is 0 Å². The molecule has 0 saturated carbocycles. The Labute approximate surface area is 232 Å². The summed E-state index contributed by atoms with van der Waals surface area (Å²) in [6.45, 7) is 2.73. The monoisotopic (exact) mass is 579 g/mol. The SMILES string of the molecule is CCCCc1ccc(C(=O)N(CCOC)Cc2ccc(OC)c(OS(=O)(=O)c3cccc(C(F)(F)F)c3)c2)cc1. The van der Waals surface area contributed by atoms with Gasteiger partial charge in [0.2, 0.25) is 0 Å². The highest BCUT2D eigenvalue weighted by atomic mass is 32.2. The first-order chi connectivity index (χ1) is 19.0. The maximum Gasteiger partial charge on any atom is 0.416 e. The fourth-order valence-electron chi connectivity index (χ4n) is 3.93. The number of rotatable bonds is 13. The maximum absolute atomic E-state index is 13.3. The number of hydrogen-bond donors (Lipinski definition) is 0. The van der Waals surface area contributed by atoms with Crippen molar-refractivity contribution in [2.24, 2.45) is 0 Å². The summed E-state index contributed by atoms with van der Waals surface area (Å²) in [4.78, 5) is 14.2. The fourth-order valence-corrected chi connectivity index (χ4v) is 4.91. The van der Waals surface area contributed by atoms with Gasteiger partial charge >= 0.3 is 16.3 Å². The van der Waals surface area contributed by atoms with Crippen LogP contribution in [0.2, 0.25) is 0 Å². The van der Waals surface area contributed by atoms with E-state index in [1.807, 2.05) is 12.1 Å². The molecular weight excluding hydrogens is 547 g/mol. The van der Waals surface area contributed by atoms with Crippen LogP contribution in [0.25, 0.3) is 0 Å². The predicted molar refractivity (Wildman–Crippen MR) is 144 cm³/mol. The zero-order chi connectivity index (χ0) is 29.3. The van der Waals surface area contributed by atoms with Crippen molar-refractivity contribution in [3.8, 4) is 11.5 Å². The van der Waals surface area contributed by atoms with Crippen LogP contribution in [0, 0.1) is 0 Å².